The number of pyridine rings is 1. The van der Waals surface area contributed by atoms with Crippen LogP contribution in [-0.2, 0) is 26.3 Å². The average Bonchev–Trinajstić information content (AvgIpc) is 3.70. The molecule has 2 aliphatic rings. The summed E-state index contributed by atoms with van der Waals surface area (Å²) >= 11 is 6.10. The van der Waals surface area contributed by atoms with Crippen LogP contribution in [0.15, 0.2) is 55.0 Å². The number of benzene rings is 1. The number of rotatable bonds is 10. The second kappa shape index (κ2) is 13.4. The molecule has 0 saturated carbocycles. The molecule has 3 aromatic heterocycles. The number of anilines is 3. The number of piperidine rings is 1. The quantitative estimate of drug-likeness (QED) is 0.251. The van der Waals surface area contributed by atoms with Crippen LogP contribution in [0.4, 0.5) is 17.3 Å². The number of aromatic nitrogens is 5. The van der Waals surface area contributed by atoms with Crippen LogP contribution in [0.25, 0.3) is 5.65 Å². The standard InChI is InChI=1S/C31H38ClN9O4/c1-45-28(44)8-12-37-15-17-39(18-16-37)27(43)21-40-20-25(19-33-40)34-30-35-29-26(3-2-11-41(29)36-30)38-13-9-31(22-42,10-14-38)23-4-6-24(32)7-5-23/h2-7,11,19-20,42H,8-10,12-18,21-22H2,1H3,(H,34,36). The van der Waals surface area contributed by atoms with Gasteiger partial charge in [0.05, 0.1) is 37.7 Å². The summed E-state index contributed by atoms with van der Waals surface area (Å²) in [6.45, 7) is 5.04. The number of nitrogens with one attached hydrogen (secondary N) is 1. The van der Waals surface area contributed by atoms with Crippen LogP contribution in [0.5, 0.6) is 0 Å². The van der Waals surface area contributed by atoms with E-state index in [9.17, 15) is 14.7 Å². The molecule has 5 heterocycles. The van der Waals surface area contributed by atoms with E-state index < -0.39 is 0 Å². The van der Waals surface area contributed by atoms with E-state index in [-0.39, 0.29) is 30.4 Å². The first-order chi connectivity index (χ1) is 21.9. The Kier molecular flexibility index (Phi) is 9.19. The Morgan fingerprint density at radius 1 is 1.07 bits per heavy atom. The minimum absolute atomic E-state index is 0.00410. The van der Waals surface area contributed by atoms with Gasteiger partial charge in [-0.3, -0.25) is 19.2 Å². The molecule has 1 amide bonds. The summed E-state index contributed by atoms with van der Waals surface area (Å²) in [6.07, 6.45) is 7.24. The van der Waals surface area contributed by atoms with E-state index in [2.05, 4.69) is 25.3 Å². The largest absolute Gasteiger partial charge is 0.469 e. The fourth-order valence-electron chi connectivity index (χ4n) is 6.16. The molecule has 1 aromatic carbocycles. The lowest BCUT2D eigenvalue weighted by molar-refractivity contribution is -0.141. The molecule has 6 rings (SSSR count). The van der Waals surface area contributed by atoms with Gasteiger partial charge in [0.2, 0.25) is 11.9 Å². The molecule has 4 aromatic rings. The van der Waals surface area contributed by atoms with Crippen molar-refractivity contribution in [3.05, 3.63) is 65.6 Å². The molecule has 0 radical (unpaired) electrons. The summed E-state index contributed by atoms with van der Waals surface area (Å²) < 4.78 is 8.07. The smallest absolute Gasteiger partial charge is 0.306 e. The maximum Gasteiger partial charge on any atom is 0.306 e. The number of halogens is 1. The first-order valence-corrected chi connectivity index (χ1v) is 15.6. The van der Waals surface area contributed by atoms with E-state index in [0.717, 1.165) is 55.9 Å². The van der Waals surface area contributed by atoms with Gasteiger partial charge in [-0.1, -0.05) is 23.7 Å². The maximum absolute atomic E-state index is 12.9. The number of aliphatic hydroxyl groups is 1. The summed E-state index contributed by atoms with van der Waals surface area (Å²) in [6, 6.07) is 11.8. The Hall–Kier alpha value is -4.20. The van der Waals surface area contributed by atoms with Crippen molar-refractivity contribution < 1.29 is 19.4 Å². The number of ether oxygens (including phenoxy) is 1. The number of amides is 1. The van der Waals surface area contributed by atoms with Gasteiger partial charge < -0.3 is 25.0 Å². The number of nitrogens with zero attached hydrogens (tertiary/aromatic N) is 8. The highest BCUT2D eigenvalue weighted by atomic mass is 35.5. The highest BCUT2D eigenvalue weighted by molar-refractivity contribution is 6.30. The number of hydrogen-bond acceptors (Lipinski definition) is 10. The van der Waals surface area contributed by atoms with Crippen LogP contribution in [0, 0.1) is 0 Å². The summed E-state index contributed by atoms with van der Waals surface area (Å²) in [5, 5.41) is 23.3. The van der Waals surface area contributed by atoms with Crippen molar-refractivity contribution >= 4 is 46.4 Å². The molecule has 2 saturated heterocycles. The number of fused-ring (bicyclic) bond motifs is 1. The van der Waals surface area contributed by atoms with Crippen molar-refractivity contribution in [1.82, 2.24) is 34.2 Å². The normalized spacial score (nSPS) is 17.0. The van der Waals surface area contributed by atoms with Crippen molar-refractivity contribution in [2.75, 3.05) is 69.7 Å². The van der Waals surface area contributed by atoms with Gasteiger partial charge in [-0.25, -0.2) is 4.52 Å². The lowest BCUT2D eigenvalue weighted by atomic mass is 9.73. The van der Waals surface area contributed by atoms with Crippen molar-refractivity contribution in [3.63, 3.8) is 0 Å². The van der Waals surface area contributed by atoms with E-state index in [0.29, 0.717) is 42.7 Å². The zero-order chi connectivity index (χ0) is 31.4. The second-order valence-electron chi connectivity index (χ2n) is 11.6. The predicted molar refractivity (Wildman–Crippen MR) is 170 cm³/mol. The Morgan fingerprint density at radius 3 is 2.53 bits per heavy atom. The second-order valence-corrected chi connectivity index (χ2v) is 12.1. The Morgan fingerprint density at radius 2 is 1.82 bits per heavy atom. The Balaban J connectivity index is 1.05. The molecule has 0 atom stereocenters. The van der Waals surface area contributed by atoms with Crippen LogP contribution in [0.1, 0.15) is 24.8 Å². The first kappa shape index (κ1) is 30.8. The van der Waals surface area contributed by atoms with E-state index in [1.54, 1.807) is 21.6 Å². The highest BCUT2D eigenvalue weighted by Crippen LogP contribution is 2.38. The van der Waals surface area contributed by atoms with Crippen molar-refractivity contribution in [2.24, 2.45) is 0 Å². The summed E-state index contributed by atoms with van der Waals surface area (Å²) in [5.41, 5.74) is 3.21. The van der Waals surface area contributed by atoms with Crippen LogP contribution in [0.2, 0.25) is 5.02 Å². The third-order valence-electron chi connectivity index (χ3n) is 8.93. The molecule has 2 N–H and O–H groups in total. The number of carbonyl (C=O) groups excluding carboxylic acids is 2. The molecule has 14 heteroatoms. The lowest BCUT2D eigenvalue weighted by Crippen LogP contribution is -2.49. The minimum atomic E-state index is -0.297. The van der Waals surface area contributed by atoms with Gasteiger partial charge in [0.15, 0.2) is 5.65 Å². The molecular weight excluding hydrogens is 598 g/mol. The molecule has 0 bridgehead atoms. The number of aliphatic hydroxyl groups excluding tert-OH is 1. The van der Waals surface area contributed by atoms with Crippen molar-refractivity contribution in [3.8, 4) is 0 Å². The van der Waals surface area contributed by atoms with Crippen LogP contribution < -0.4 is 10.2 Å². The number of esters is 1. The minimum Gasteiger partial charge on any atom is -0.469 e. The van der Waals surface area contributed by atoms with E-state index in [4.69, 9.17) is 21.3 Å². The number of carbonyl (C=O) groups is 2. The molecule has 13 nitrogen and oxygen atoms in total. The maximum atomic E-state index is 12.9. The van der Waals surface area contributed by atoms with Crippen LogP contribution >= 0.6 is 11.6 Å². The highest BCUT2D eigenvalue weighted by Gasteiger charge is 2.36. The summed E-state index contributed by atoms with van der Waals surface area (Å²) in [5.74, 6) is 0.202. The van der Waals surface area contributed by atoms with E-state index in [1.165, 1.54) is 7.11 Å². The van der Waals surface area contributed by atoms with Crippen molar-refractivity contribution in [2.45, 2.75) is 31.2 Å². The molecule has 2 aliphatic heterocycles. The third kappa shape index (κ3) is 6.90. The molecule has 0 aliphatic carbocycles. The average molecular weight is 636 g/mol. The van der Waals surface area contributed by atoms with Gasteiger partial charge in [-0.15, -0.1) is 5.10 Å². The Labute approximate surface area is 266 Å². The fourth-order valence-corrected chi connectivity index (χ4v) is 6.29. The van der Waals surface area contributed by atoms with Gasteiger partial charge in [0.25, 0.3) is 0 Å². The zero-order valence-electron chi connectivity index (χ0n) is 25.3. The number of methoxy groups -OCH3 is 1. The molecule has 0 spiro atoms. The fraction of sp³-hybridized carbons (Fsp3) is 0.452. The van der Waals surface area contributed by atoms with Gasteiger partial charge in [0, 0.05) is 68.6 Å². The van der Waals surface area contributed by atoms with E-state index in [1.807, 2.05) is 47.5 Å². The molecule has 2 fully saturated rings. The first-order valence-electron chi connectivity index (χ1n) is 15.2. The van der Waals surface area contributed by atoms with Gasteiger partial charge >= 0.3 is 5.97 Å². The Bertz CT molecular complexity index is 1620. The zero-order valence-corrected chi connectivity index (χ0v) is 26.1. The van der Waals surface area contributed by atoms with Crippen molar-refractivity contribution in [1.29, 1.82) is 0 Å². The summed E-state index contributed by atoms with van der Waals surface area (Å²) in [4.78, 5) is 35.4. The predicted octanol–water partition coefficient (Wildman–Crippen LogP) is 2.56. The molecular formula is C31H38ClN9O4. The molecule has 238 valence electrons. The monoisotopic (exact) mass is 635 g/mol. The third-order valence-corrected chi connectivity index (χ3v) is 9.19. The molecule has 45 heavy (non-hydrogen) atoms. The topological polar surface area (TPSA) is 133 Å². The van der Waals surface area contributed by atoms with Gasteiger partial charge in [0.1, 0.15) is 6.54 Å². The summed E-state index contributed by atoms with van der Waals surface area (Å²) in [7, 11) is 1.39. The SMILES string of the molecule is COC(=O)CCN1CCN(C(=O)Cn2cc(Nc3nc4c(N5CCC(CO)(c6ccc(Cl)cc6)CC5)cccn4n3)cn2)CC1. The number of hydrogen-bond donors (Lipinski definition) is 2. The molecule has 0 unspecified atom stereocenters. The van der Waals surface area contributed by atoms with Crippen LogP contribution in [0.3, 0.4) is 0 Å². The van der Waals surface area contributed by atoms with Crippen LogP contribution in [-0.4, -0.2) is 111 Å². The van der Waals surface area contributed by atoms with E-state index >= 15 is 0 Å². The lowest BCUT2D eigenvalue weighted by Gasteiger charge is -2.42. The van der Waals surface area contributed by atoms with Gasteiger partial charge in [-0.05, 0) is 42.7 Å². The number of piperazine rings is 1. The van der Waals surface area contributed by atoms with Gasteiger partial charge in [-0.2, -0.15) is 10.1 Å².